The standard InChI is InChI=1S/C12H8F4N2O2/c1-6-4-9(11(19)20)17-18(6)10-5-7(12(14,15)16)2-3-8(10)13/h2-5H,1H3,(H,19,20). The molecule has 106 valence electrons. The number of aromatic nitrogens is 2. The van der Waals surface area contributed by atoms with Crippen LogP contribution >= 0.6 is 0 Å². The molecule has 0 aliphatic heterocycles. The monoisotopic (exact) mass is 288 g/mol. The Morgan fingerprint density at radius 1 is 1.30 bits per heavy atom. The molecule has 1 N–H and O–H groups in total. The molecule has 0 bridgehead atoms. The van der Waals surface area contributed by atoms with Crippen LogP contribution in [0.2, 0.25) is 0 Å². The topological polar surface area (TPSA) is 55.1 Å². The minimum absolute atomic E-state index is 0.209. The van der Waals surface area contributed by atoms with E-state index in [1.807, 2.05) is 0 Å². The highest BCUT2D eigenvalue weighted by atomic mass is 19.4. The Labute approximate surface area is 110 Å². The molecule has 0 aliphatic rings. The Kier molecular flexibility index (Phi) is 3.24. The number of hydrogen-bond acceptors (Lipinski definition) is 2. The van der Waals surface area contributed by atoms with Crippen molar-refractivity contribution in [2.45, 2.75) is 13.1 Å². The first-order valence-electron chi connectivity index (χ1n) is 5.37. The number of rotatable bonds is 2. The van der Waals surface area contributed by atoms with Gasteiger partial charge in [-0.2, -0.15) is 18.3 Å². The van der Waals surface area contributed by atoms with Crippen LogP contribution in [-0.2, 0) is 6.18 Å². The Hall–Kier alpha value is -2.38. The average molecular weight is 288 g/mol. The Bertz CT molecular complexity index is 677. The predicted octanol–water partition coefficient (Wildman–Crippen LogP) is 3.04. The lowest BCUT2D eigenvalue weighted by Gasteiger charge is -2.10. The van der Waals surface area contributed by atoms with Crippen molar-refractivity contribution in [2.24, 2.45) is 0 Å². The Balaban J connectivity index is 2.60. The number of aromatic carboxylic acids is 1. The molecule has 1 heterocycles. The van der Waals surface area contributed by atoms with Crippen molar-refractivity contribution in [1.82, 2.24) is 9.78 Å². The quantitative estimate of drug-likeness (QED) is 0.864. The second-order valence-corrected chi connectivity index (χ2v) is 4.05. The Morgan fingerprint density at radius 3 is 2.45 bits per heavy atom. The van der Waals surface area contributed by atoms with Gasteiger partial charge < -0.3 is 5.11 Å². The van der Waals surface area contributed by atoms with E-state index in [-0.39, 0.29) is 11.4 Å². The van der Waals surface area contributed by atoms with E-state index in [9.17, 15) is 22.4 Å². The van der Waals surface area contributed by atoms with Gasteiger partial charge in [0.05, 0.1) is 5.56 Å². The fourth-order valence-electron chi connectivity index (χ4n) is 1.67. The molecule has 0 amide bonds. The van der Waals surface area contributed by atoms with Gasteiger partial charge in [-0.15, -0.1) is 0 Å². The van der Waals surface area contributed by atoms with E-state index in [0.29, 0.717) is 18.2 Å². The maximum Gasteiger partial charge on any atom is 0.416 e. The first kappa shape index (κ1) is 14.0. The molecule has 1 aromatic heterocycles. The lowest BCUT2D eigenvalue weighted by molar-refractivity contribution is -0.137. The molecule has 0 saturated heterocycles. The van der Waals surface area contributed by atoms with Crippen LogP contribution in [0, 0.1) is 12.7 Å². The van der Waals surface area contributed by atoms with Crippen LogP contribution in [0.5, 0.6) is 0 Å². The first-order chi connectivity index (χ1) is 9.20. The summed E-state index contributed by atoms with van der Waals surface area (Å²) in [5.74, 6) is -2.28. The number of aryl methyl sites for hydroxylation is 1. The van der Waals surface area contributed by atoms with Crippen molar-refractivity contribution in [1.29, 1.82) is 0 Å². The van der Waals surface area contributed by atoms with Crippen molar-refractivity contribution in [2.75, 3.05) is 0 Å². The number of alkyl halides is 3. The molecule has 0 saturated carbocycles. The van der Waals surface area contributed by atoms with Gasteiger partial charge in [-0.3, -0.25) is 0 Å². The molecule has 2 aromatic rings. The van der Waals surface area contributed by atoms with Gasteiger partial charge in [-0.05, 0) is 31.2 Å². The molecule has 0 fully saturated rings. The molecular weight excluding hydrogens is 280 g/mol. The van der Waals surface area contributed by atoms with Crippen molar-refractivity contribution in [3.8, 4) is 5.69 Å². The highest BCUT2D eigenvalue weighted by Gasteiger charge is 2.31. The second kappa shape index (κ2) is 4.62. The fraction of sp³-hybridized carbons (Fsp3) is 0.167. The molecular formula is C12H8F4N2O2. The molecule has 0 atom stereocenters. The van der Waals surface area contributed by atoms with Gasteiger partial charge in [0, 0.05) is 5.69 Å². The number of halogens is 4. The lowest BCUT2D eigenvalue weighted by Crippen LogP contribution is -2.09. The molecule has 0 spiro atoms. The van der Waals surface area contributed by atoms with Gasteiger partial charge in [0.2, 0.25) is 0 Å². The summed E-state index contributed by atoms with van der Waals surface area (Å²) in [5, 5.41) is 12.3. The van der Waals surface area contributed by atoms with E-state index >= 15 is 0 Å². The third-order valence-electron chi connectivity index (χ3n) is 2.61. The number of carboxylic acid groups (broad SMARTS) is 1. The maximum atomic E-state index is 13.7. The zero-order valence-electron chi connectivity index (χ0n) is 10.1. The summed E-state index contributed by atoms with van der Waals surface area (Å²) in [5.41, 5.74) is -1.66. The predicted molar refractivity (Wildman–Crippen MR) is 60.2 cm³/mol. The molecule has 1 aromatic carbocycles. The third-order valence-corrected chi connectivity index (χ3v) is 2.61. The van der Waals surface area contributed by atoms with Crippen LogP contribution in [0.4, 0.5) is 17.6 Å². The summed E-state index contributed by atoms with van der Waals surface area (Å²) in [6, 6.07) is 3.00. The van der Waals surface area contributed by atoms with Crippen molar-refractivity contribution >= 4 is 5.97 Å². The van der Waals surface area contributed by atoms with Crippen LogP contribution in [0.1, 0.15) is 21.7 Å². The molecule has 2 rings (SSSR count). The van der Waals surface area contributed by atoms with Gasteiger partial charge in [0.15, 0.2) is 5.69 Å². The fourth-order valence-corrected chi connectivity index (χ4v) is 1.67. The molecule has 0 radical (unpaired) electrons. The highest BCUT2D eigenvalue weighted by molar-refractivity contribution is 5.85. The van der Waals surface area contributed by atoms with Crippen molar-refractivity contribution in [3.05, 3.63) is 47.0 Å². The number of nitrogens with zero attached hydrogens (tertiary/aromatic N) is 2. The van der Waals surface area contributed by atoms with Gasteiger partial charge in [-0.25, -0.2) is 13.9 Å². The van der Waals surface area contributed by atoms with E-state index in [2.05, 4.69) is 5.10 Å². The zero-order valence-corrected chi connectivity index (χ0v) is 10.1. The van der Waals surface area contributed by atoms with Gasteiger partial charge >= 0.3 is 12.1 Å². The lowest BCUT2D eigenvalue weighted by atomic mass is 10.2. The van der Waals surface area contributed by atoms with Crippen LogP contribution in [0.25, 0.3) is 5.69 Å². The maximum absolute atomic E-state index is 13.7. The van der Waals surface area contributed by atoms with E-state index in [1.165, 1.54) is 6.92 Å². The Morgan fingerprint density at radius 2 is 1.95 bits per heavy atom. The van der Waals surface area contributed by atoms with E-state index in [0.717, 1.165) is 10.7 Å². The molecule has 0 aliphatic carbocycles. The number of carboxylic acids is 1. The minimum atomic E-state index is -4.63. The molecule has 20 heavy (non-hydrogen) atoms. The van der Waals surface area contributed by atoms with E-state index in [4.69, 9.17) is 5.11 Å². The molecule has 0 unspecified atom stereocenters. The normalized spacial score (nSPS) is 11.7. The smallest absolute Gasteiger partial charge is 0.416 e. The average Bonchev–Trinajstić information content (AvgIpc) is 2.70. The van der Waals surface area contributed by atoms with Crippen LogP contribution in [0.15, 0.2) is 24.3 Å². The minimum Gasteiger partial charge on any atom is -0.476 e. The molecule has 8 heteroatoms. The van der Waals surface area contributed by atoms with Crippen LogP contribution < -0.4 is 0 Å². The summed E-state index contributed by atoms with van der Waals surface area (Å²) in [4.78, 5) is 10.8. The van der Waals surface area contributed by atoms with Crippen molar-refractivity contribution in [3.63, 3.8) is 0 Å². The van der Waals surface area contributed by atoms with Gasteiger partial charge in [0.1, 0.15) is 11.5 Å². The summed E-state index contributed by atoms with van der Waals surface area (Å²) in [6.45, 7) is 1.42. The summed E-state index contributed by atoms with van der Waals surface area (Å²) in [6.07, 6.45) is -4.63. The van der Waals surface area contributed by atoms with Crippen LogP contribution in [0.3, 0.4) is 0 Å². The summed E-state index contributed by atoms with van der Waals surface area (Å²) < 4.78 is 52.3. The molecule has 4 nitrogen and oxygen atoms in total. The number of benzene rings is 1. The van der Waals surface area contributed by atoms with E-state index in [1.54, 1.807) is 0 Å². The van der Waals surface area contributed by atoms with Gasteiger partial charge in [0.25, 0.3) is 0 Å². The largest absolute Gasteiger partial charge is 0.476 e. The zero-order chi connectivity index (χ0) is 15.1. The first-order valence-corrected chi connectivity index (χ1v) is 5.37. The van der Waals surface area contributed by atoms with Gasteiger partial charge in [-0.1, -0.05) is 0 Å². The van der Waals surface area contributed by atoms with Crippen molar-refractivity contribution < 1.29 is 27.5 Å². The van der Waals surface area contributed by atoms with E-state index < -0.39 is 29.2 Å². The number of hydrogen-bond donors (Lipinski definition) is 1. The highest BCUT2D eigenvalue weighted by Crippen LogP contribution is 2.31. The second-order valence-electron chi connectivity index (χ2n) is 4.05. The number of carbonyl (C=O) groups is 1. The summed E-state index contributed by atoms with van der Waals surface area (Å²) >= 11 is 0. The SMILES string of the molecule is Cc1cc(C(=O)O)nn1-c1cc(C(F)(F)F)ccc1F. The third kappa shape index (κ3) is 2.49. The van der Waals surface area contributed by atoms with Crippen LogP contribution in [-0.4, -0.2) is 20.9 Å². The summed E-state index contributed by atoms with van der Waals surface area (Å²) in [7, 11) is 0.